The second-order valence-electron chi connectivity index (χ2n) is 8.42. The number of ether oxygens (including phenoxy) is 1. The van der Waals surface area contributed by atoms with E-state index in [0.717, 1.165) is 12.0 Å². The second kappa shape index (κ2) is 11.2. The summed E-state index contributed by atoms with van der Waals surface area (Å²) in [5, 5.41) is 3.29. The number of rotatable bonds is 6. The van der Waals surface area contributed by atoms with Crippen LogP contribution in [0, 0.1) is 0 Å². The van der Waals surface area contributed by atoms with E-state index in [4.69, 9.17) is 16.3 Å². The van der Waals surface area contributed by atoms with E-state index < -0.39 is 11.7 Å². The zero-order valence-corrected chi connectivity index (χ0v) is 18.8. The Morgan fingerprint density at radius 2 is 1.53 bits per heavy atom. The van der Waals surface area contributed by atoms with Crippen LogP contribution < -0.4 is 5.32 Å². The number of aryl methyl sites for hydroxylation is 1. The monoisotopic (exact) mass is 437 g/mol. The Morgan fingerprint density at radius 3 is 2.10 bits per heavy atom. The molecule has 0 saturated carbocycles. The van der Waals surface area contributed by atoms with Crippen molar-refractivity contribution in [2.24, 2.45) is 0 Å². The number of halogens is 1. The number of alkyl carbamates (subject to hydrolysis) is 1. The van der Waals surface area contributed by atoms with Gasteiger partial charge < -0.3 is 19.9 Å². The highest BCUT2D eigenvalue weighted by molar-refractivity contribution is 6.30. The normalized spacial score (nSPS) is 14.8. The topological polar surface area (TPSA) is 79.0 Å². The van der Waals surface area contributed by atoms with Gasteiger partial charge in [0.25, 0.3) is 0 Å². The minimum absolute atomic E-state index is 0.0264. The van der Waals surface area contributed by atoms with E-state index in [1.54, 1.807) is 25.7 Å². The molecule has 1 heterocycles. The lowest BCUT2D eigenvalue weighted by Crippen LogP contribution is -2.39. The van der Waals surface area contributed by atoms with Crippen LogP contribution in [0.2, 0.25) is 5.02 Å². The van der Waals surface area contributed by atoms with Crippen molar-refractivity contribution in [3.63, 3.8) is 0 Å². The van der Waals surface area contributed by atoms with Gasteiger partial charge >= 0.3 is 6.09 Å². The summed E-state index contributed by atoms with van der Waals surface area (Å²) in [6.07, 6.45) is 1.55. The molecule has 1 aromatic carbocycles. The van der Waals surface area contributed by atoms with E-state index in [1.165, 1.54) is 0 Å². The lowest BCUT2D eigenvalue weighted by Gasteiger charge is -2.23. The molecule has 8 heteroatoms. The molecule has 0 atom stereocenters. The van der Waals surface area contributed by atoms with E-state index in [9.17, 15) is 14.4 Å². The van der Waals surface area contributed by atoms with E-state index >= 15 is 0 Å². The van der Waals surface area contributed by atoms with Crippen LogP contribution in [0.5, 0.6) is 0 Å². The Bertz CT molecular complexity index is 731. The van der Waals surface area contributed by atoms with Crippen LogP contribution in [0.1, 0.15) is 45.6 Å². The van der Waals surface area contributed by atoms with Crippen LogP contribution in [0.15, 0.2) is 24.3 Å². The van der Waals surface area contributed by atoms with Gasteiger partial charge in [0.1, 0.15) is 5.60 Å². The summed E-state index contributed by atoms with van der Waals surface area (Å²) >= 11 is 5.89. The third kappa shape index (κ3) is 8.61. The first kappa shape index (κ1) is 24.0. The molecule has 0 spiro atoms. The van der Waals surface area contributed by atoms with Gasteiger partial charge in [0, 0.05) is 50.6 Å². The highest BCUT2D eigenvalue weighted by Gasteiger charge is 2.22. The largest absolute Gasteiger partial charge is 0.444 e. The van der Waals surface area contributed by atoms with E-state index in [1.807, 2.05) is 29.2 Å². The molecule has 0 unspecified atom stereocenters. The summed E-state index contributed by atoms with van der Waals surface area (Å²) in [6.45, 7) is 7.91. The van der Waals surface area contributed by atoms with Crippen molar-refractivity contribution in [1.82, 2.24) is 15.1 Å². The predicted octanol–water partition coefficient (Wildman–Crippen LogP) is 3.25. The highest BCUT2D eigenvalue weighted by atomic mass is 35.5. The predicted molar refractivity (Wildman–Crippen MR) is 116 cm³/mol. The van der Waals surface area contributed by atoms with Gasteiger partial charge in [0.2, 0.25) is 11.8 Å². The first-order valence-corrected chi connectivity index (χ1v) is 10.8. The fourth-order valence-corrected chi connectivity index (χ4v) is 3.35. The molecule has 7 nitrogen and oxygen atoms in total. The van der Waals surface area contributed by atoms with Crippen LogP contribution in [0.25, 0.3) is 0 Å². The third-order valence-corrected chi connectivity index (χ3v) is 5.00. The lowest BCUT2D eigenvalue weighted by atomic mass is 10.1. The fraction of sp³-hybridized carbons (Fsp3) is 0.591. The molecule has 1 aliphatic heterocycles. The number of amides is 3. The van der Waals surface area contributed by atoms with E-state index in [-0.39, 0.29) is 24.8 Å². The maximum atomic E-state index is 12.6. The molecule has 0 bridgehead atoms. The van der Waals surface area contributed by atoms with Crippen LogP contribution in [-0.2, 0) is 20.7 Å². The molecule has 1 N–H and O–H groups in total. The first-order chi connectivity index (χ1) is 14.1. The summed E-state index contributed by atoms with van der Waals surface area (Å²) in [7, 11) is 0. The number of nitrogens with one attached hydrogen (secondary N) is 1. The molecule has 0 aliphatic carbocycles. The summed E-state index contributed by atoms with van der Waals surface area (Å²) in [5.41, 5.74) is 0.513. The number of carbonyl (C=O) groups is 3. The van der Waals surface area contributed by atoms with Crippen LogP contribution in [0.4, 0.5) is 4.79 Å². The quantitative estimate of drug-likeness (QED) is 0.740. The van der Waals surface area contributed by atoms with Crippen molar-refractivity contribution in [3.05, 3.63) is 34.9 Å². The minimum atomic E-state index is -0.567. The summed E-state index contributed by atoms with van der Waals surface area (Å²) in [4.78, 5) is 40.3. The Balaban J connectivity index is 1.71. The maximum absolute atomic E-state index is 12.6. The number of hydrogen-bond acceptors (Lipinski definition) is 4. The molecule has 0 aromatic heterocycles. The SMILES string of the molecule is CC(C)(C)OC(=O)NCCC(=O)N1CCCN(C(=O)CCc2ccc(Cl)cc2)CC1. The van der Waals surface area contributed by atoms with Gasteiger partial charge in [-0.3, -0.25) is 9.59 Å². The molecule has 166 valence electrons. The van der Waals surface area contributed by atoms with Gasteiger partial charge in [-0.1, -0.05) is 23.7 Å². The van der Waals surface area contributed by atoms with Crippen molar-refractivity contribution >= 4 is 29.5 Å². The van der Waals surface area contributed by atoms with Crippen molar-refractivity contribution in [2.45, 2.75) is 52.1 Å². The summed E-state index contributed by atoms with van der Waals surface area (Å²) in [5.74, 6) is 0.0763. The molecule has 3 amide bonds. The maximum Gasteiger partial charge on any atom is 0.407 e. The van der Waals surface area contributed by atoms with Gasteiger partial charge in [-0.15, -0.1) is 0 Å². The molecule has 30 heavy (non-hydrogen) atoms. The zero-order valence-electron chi connectivity index (χ0n) is 18.1. The lowest BCUT2D eigenvalue weighted by molar-refractivity contribution is -0.133. The van der Waals surface area contributed by atoms with Gasteiger partial charge in [-0.05, 0) is 51.3 Å². The highest BCUT2D eigenvalue weighted by Crippen LogP contribution is 2.13. The average Bonchev–Trinajstić information content (AvgIpc) is 2.92. The number of carbonyl (C=O) groups excluding carboxylic acids is 3. The summed E-state index contributed by atoms with van der Waals surface area (Å²) < 4.78 is 5.16. The van der Waals surface area contributed by atoms with Crippen molar-refractivity contribution in [1.29, 1.82) is 0 Å². The Labute approximate surface area is 183 Å². The van der Waals surface area contributed by atoms with Crippen LogP contribution in [0.3, 0.4) is 0 Å². The van der Waals surface area contributed by atoms with Crippen molar-refractivity contribution in [2.75, 3.05) is 32.7 Å². The van der Waals surface area contributed by atoms with E-state index in [0.29, 0.717) is 44.0 Å². The van der Waals surface area contributed by atoms with E-state index in [2.05, 4.69) is 5.32 Å². The Kier molecular flexibility index (Phi) is 8.96. The fourth-order valence-electron chi connectivity index (χ4n) is 3.22. The molecular formula is C22H32ClN3O4. The molecule has 1 aromatic rings. The molecule has 1 saturated heterocycles. The van der Waals surface area contributed by atoms with Gasteiger partial charge in [0.15, 0.2) is 0 Å². The summed E-state index contributed by atoms with van der Waals surface area (Å²) in [6, 6.07) is 7.52. The average molecular weight is 438 g/mol. The van der Waals surface area contributed by atoms with Crippen LogP contribution >= 0.6 is 11.6 Å². The Morgan fingerprint density at radius 1 is 0.967 bits per heavy atom. The number of hydrogen-bond donors (Lipinski definition) is 1. The van der Waals surface area contributed by atoms with Crippen molar-refractivity contribution in [3.8, 4) is 0 Å². The van der Waals surface area contributed by atoms with Gasteiger partial charge in [-0.2, -0.15) is 0 Å². The second-order valence-corrected chi connectivity index (χ2v) is 8.86. The molecule has 2 rings (SSSR count). The van der Waals surface area contributed by atoms with Gasteiger partial charge in [0.05, 0.1) is 0 Å². The molecular weight excluding hydrogens is 406 g/mol. The molecule has 0 radical (unpaired) electrons. The third-order valence-electron chi connectivity index (χ3n) is 4.75. The van der Waals surface area contributed by atoms with Crippen molar-refractivity contribution < 1.29 is 19.1 Å². The van der Waals surface area contributed by atoms with Crippen LogP contribution in [-0.4, -0.2) is 66.0 Å². The number of nitrogens with zero attached hydrogens (tertiary/aromatic N) is 2. The minimum Gasteiger partial charge on any atom is -0.444 e. The van der Waals surface area contributed by atoms with Gasteiger partial charge in [-0.25, -0.2) is 4.79 Å². The Hall–Kier alpha value is -2.28. The molecule has 1 aliphatic rings. The smallest absolute Gasteiger partial charge is 0.407 e. The first-order valence-electron chi connectivity index (χ1n) is 10.4. The number of benzene rings is 1. The molecule has 1 fully saturated rings. The standard InChI is InChI=1S/C22H32ClN3O4/c1-22(2,3)30-21(29)24-12-11-20(28)26-14-4-13-25(15-16-26)19(27)10-7-17-5-8-18(23)9-6-17/h5-6,8-9H,4,7,10-16H2,1-3H3,(H,24,29). The zero-order chi connectivity index (χ0) is 22.1.